The van der Waals surface area contributed by atoms with E-state index in [1.54, 1.807) is 46.8 Å². The van der Waals surface area contributed by atoms with Crippen LogP contribution in [0.4, 0.5) is 5.69 Å². The zero-order valence-electron chi connectivity index (χ0n) is 65.0. The highest BCUT2D eigenvalue weighted by atomic mass is 32.2. The van der Waals surface area contributed by atoms with Gasteiger partial charge in [0.25, 0.3) is 57.4 Å². The smallest absolute Gasteiger partial charge is 0.363 e. The van der Waals surface area contributed by atoms with Gasteiger partial charge in [-0.25, -0.2) is 19.2 Å². The SMILES string of the molecule is CC(C)CC(=O)Nc1ccc(C(=O)ON2C(=O)CC(C)C2=O)cc1.CC(C)CC(=O)ON1C(=O)CC(C)C1=O.CC1CC(=O)C(OC(=O)CCCN2C(=O)CC(C(C)C)C2=O)C1=O.CC1CC(=O)N(OC(=O)CCN2C(=O)CC(C(C)C)C2=O)C1=O.COS(=O)(=O)C(CC(C)SC(C)C)C(=O)ON1C(=O)CC(C)C1=O. The number of nitrogens with one attached hydrogen (secondary N) is 1. The number of ether oxygens (including phenoxy) is 1. The fourth-order valence-corrected chi connectivity index (χ4v) is 14.0. The summed E-state index contributed by atoms with van der Waals surface area (Å²) >= 11 is 1.50. The molecule has 35 nitrogen and oxygen atoms in total. The van der Waals surface area contributed by atoms with Crippen LogP contribution in [0.15, 0.2) is 24.3 Å². The van der Waals surface area contributed by atoms with Crippen LogP contribution in [-0.4, -0.2) is 199 Å². The molecule has 1 aliphatic carbocycles. The quantitative estimate of drug-likeness (QED) is 0.0507. The molecular formula is C73H101N7O28S2. The summed E-state index contributed by atoms with van der Waals surface area (Å²) in [4.78, 5) is 256. The van der Waals surface area contributed by atoms with Crippen LogP contribution in [-0.2, 0) is 129 Å². The van der Waals surface area contributed by atoms with Gasteiger partial charge >= 0.3 is 29.8 Å². The first-order chi connectivity index (χ1) is 51.1. The molecule has 37 heteroatoms. The van der Waals surface area contributed by atoms with E-state index >= 15 is 0 Å². The van der Waals surface area contributed by atoms with E-state index in [4.69, 9.17) is 24.1 Å². The average Bonchev–Trinajstić information content (AvgIpc) is 1.20. The molecular weight excluding hydrogens is 1490 g/mol. The third-order valence-corrected chi connectivity index (χ3v) is 20.5. The Morgan fingerprint density at radius 1 is 0.482 bits per heavy atom. The van der Waals surface area contributed by atoms with Gasteiger partial charge < -0.3 is 29.4 Å². The lowest BCUT2D eigenvalue weighted by molar-refractivity contribution is -0.198. The lowest BCUT2D eigenvalue weighted by atomic mass is 9.94. The summed E-state index contributed by atoms with van der Waals surface area (Å²) in [5, 5.41) is 3.12. The molecule has 10 atom stereocenters. The summed E-state index contributed by atoms with van der Waals surface area (Å²) in [6.45, 7) is 28.8. The zero-order chi connectivity index (χ0) is 83.4. The highest BCUT2D eigenvalue weighted by molar-refractivity contribution is 8.00. The monoisotopic (exact) mass is 1590 g/mol. The van der Waals surface area contributed by atoms with Gasteiger partial charge in [0.1, 0.15) is 0 Å². The Kier molecular flexibility index (Phi) is 35.0. The minimum absolute atomic E-state index is 0.00524. The Morgan fingerprint density at radius 3 is 1.27 bits per heavy atom. The fourth-order valence-electron chi connectivity index (χ4n) is 11.6. The molecule has 1 saturated carbocycles. The van der Waals surface area contributed by atoms with Crippen LogP contribution < -0.4 is 5.32 Å². The summed E-state index contributed by atoms with van der Waals surface area (Å²) in [6.07, 6.45) is -0.239. The maximum Gasteiger partial charge on any atom is 0.363 e. The summed E-state index contributed by atoms with van der Waals surface area (Å²) in [5.41, 5.74) is 0.733. The molecule has 0 aromatic heterocycles. The Hall–Kier alpha value is -9.52. The van der Waals surface area contributed by atoms with Crippen molar-refractivity contribution in [2.75, 3.05) is 25.5 Å². The van der Waals surface area contributed by atoms with Crippen LogP contribution in [0.3, 0.4) is 0 Å². The number of likely N-dealkylation sites (tertiary alicyclic amines) is 2. The van der Waals surface area contributed by atoms with Gasteiger partial charge in [-0.05, 0) is 66.0 Å². The van der Waals surface area contributed by atoms with Gasteiger partial charge in [-0.1, -0.05) is 111 Å². The van der Waals surface area contributed by atoms with E-state index in [2.05, 4.69) is 9.50 Å². The van der Waals surface area contributed by atoms with Crippen molar-refractivity contribution in [2.24, 2.45) is 65.1 Å². The van der Waals surface area contributed by atoms with Gasteiger partial charge in [0.05, 0.1) is 25.5 Å². The molecule has 6 aliphatic heterocycles. The number of ketones is 2. The number of rotatable bonds is 27. The second-order valence-corrected chi connectivity index (χ2v) is 33.4. The fraction of sp³-hybridized carbons (Fsp3) is 0.644. The van der Waals surface area contributed by atoms with Crippen LogP contribution in [0, 0.1) is 65.1 Å². The molecule has 1 aromatic carbocycles. The van der Waals surface area contributed by atoms with Gasteiger partial charge in [-0.3, -0.25) is 90.7 Å². The number of benzene rings is 1. The number of carbonyl (C=O) groups is 20. The summed E-state index contributed by atoms with van der Waals surface area (Å²) in [7, 11) is -3.27. The number of nitrogens with zero attached hydrogens (tertiary/aromatic N) is 6. The largest absolute Gasteiger partial charge is 0.446 e. The van der Waals surface area contributed by atoms with Crippen LogP contribution in [0.1, 0.15) is 205 Å². The number of hydrogen-bond acceptors (Lipinski definition) is 29. The van der Waals surface area contributed by atoms with Crippen LogP contribution in [0.5, 0.6) is 0 Å². The van der Waals surface area contributed by atoms with Gasteiger partial charge in [-0.15, -0.1) is 20.3 Å². The van der Waals surface area contributed by atoms with Crippen LogP contribution in [0.2, 0.25) is 0 Å². The zero-order valence-corrected chi connectivity index (χ0v) is 66.6. The van der Waals surface area contributed by atoms with Crippen molar-refractivity contribution in [1.29, 1.82) is 0 Å². The Morgan fingerprint density at radius 2 is 0.900 bits per heavy atom. The molecule has 6 heterocycles. The van der Waals surface area contributed by atoms with Crippen molar-refractivity contribution in [3.05, 3.63) is 29.8 Å². The number of thioether (sulfide) groups is 1. The number of amides is 13. The number of Topliss-reactive ketones (excluding diaryl/α,β-unsaturated/α-hetero) is 2. The van der Waals surface area contributed by atoms with Crippen molar-refractivity contribution in [3.8, 4) is 0 Å². The number of esters is 1. The molecule has 1 N–H and O–H groups in total. The van der Waals surface area contributed by atoms with E-state index in [1.165, 1.54) is 35.7 Å². The Bertz CT molecular complexity index is 3840. The second kappa shape index (κ2) is 41.5. The third-order valence-electron chi connectivity index (χ3n) is 17.8. The lowest BCUT2D eigenvalue weighted by Gasteiger charge is -2.21. The van der Waals surface area contributed by atoms with E-state index in [0.717, 1.165) is 12.0 Å². The summed E-state index contributed by atoms with van der Waals surface area (Å²) < 4.78 is 33.5. The van der Waals surface area contributed by atoms with Crippen LogP contribution in [0.25, 0.3) is 0 Å². The number of anilines is 1. The van der Waals surface area contributed by atoms with E-state index in [1.807, 2.05) is 69.2 Å². The van der Waals surface area contributed by atoms with E-state index in [9.17, 15) is 104 Å². The highest BCUT2D eigenvalue weighted by Gasteiger charge is 2.47. The molecule has 8 rings (SSSR count). The number of carbonyl (C=O) groups excluding carboxylic acids is 20. The molecule has 1 aromatic rings. The molecule has 0 radical (unpaired) electrons. The highest BCUT2D eigenvalue weighted by Crippen LogP contribution is 2.31. The Balaban J connectivity index is 0.000000292. The Labute approximate surface area is 642 Å². The first-order valence-corrected chi connectivity index (χ1v) is 38.7. The minimum Gasteiger partial charge on any atom is -0.446 e. The predicted octanol–water partition coefficient (Wildman–Crippen LogP) is 5.28. The van der Waals surface area contributed by atoms with Crippen molar-refractivity contribution in [1.82, 2.24) is 30.1 Å². The molecule has 110 heavy (non-hydrogen) atoms. The van der Waals surface area contributed by atoms with Crippen molar-refractivity contribution in [2.45, 2.75) is 216 Å². The maximum atomic E-state index is 12.3. The number of hydroxylamine groups is 8. The van der Waals surface area contributed by atoms with Crippen molar-refractivity contribution < 1.29 is 133 Å². The molecule has 7 aliphatic rings. The molecule has 608 valence electrons. The predicted molar refractivity (Wildman–Crippen MR) is 384 cm³/mol. The van der Waals surface area contributed by atoms with Gasteiger partial charge in [-0.2, -0.15) is 20.2 Å². The topological polar surface area (TPSA) is 462 Å². The summed E-state index contributed by atoms with van der Waals surface area (Å²) in [5.74, 6) is -12.8. The molecule has 10 unspecified atom stereocenters. The number of imide groups is 6. The maximum absolute atomic E-state index is 12.3. The molecule has 7 fully saturated rings. The molecule has 13 amide bonds. The van der Waals surface area contributed by atoms with Crippen LogP contribution >= 0.6 is 11.8 Å². The molecule has 0 bridgehead atoms. The van der Waals surface area contributed by atoms with Gasteiger partial charge in [0.2, 0.25) is 35.6 Å². The van der Waals surface area contributed by atoms with Crippen molar-refractivity contribution >= 4 is 146 Å². The first kappa shape index (κ1) is 92.9. The van der Waals surface area contributed by atoms with Crippen molar-refractivity contribution in [3.63, 3.8) is 0 Å². The van der Waals surface area contributed by atoms with E-state index in [0.29, 0.717) is 32.4 Å². The number of hydrogen-bond donors (Lipinski definition) is 1. The standard InChI is InChI=1S/C17H20N2O5.C17H23NO6.C15H20N2O6.C14H23NO7S2.C10H15NO4/c1-10(2)8-14(20)18-13-6-4-12(5-7-13)17(23)24-19-15(21)9-11(3)16(19)22;1-9(2)11-8-13(20)18(17(11)23)6-4-5-14(21)24-16-12(19)7-10(3)15(16)22;1-8(2)10-7-11(18)16(15(10)22)5-4-13(20)23-17-12(19)6-9(3)14(17)21;1-8(2)23-10(4)7-11(24(19,20)21-5)14(18)22-15-12(16)6-9(3)13(15)17;1-6(2)4-9(13)15-11-8(12)5-7(3)10(11)14/h4-7,10-11H,8-9H2,1-3H3,(H,18,20);9-11,16H,4-8H2,1-3H3;8-10H,4-7H2,1-3H3;8-11H,6-7H2,1-5H3;6-7H,4-5H2,1-3H3. The van der Waals surface area contributed by atoms with Gasteiger partial charge in [0.15, 0.2) is 16.8 Å². The minimum atomic E-state index is -4.22. The lowest BCUT2D eigenvalue weighted by Crippen LogP contribution is -2.41. The second-order valence-electron chi connectivity index (χ2n) is 29.5. The third kappa shape index (κ3) is 26.3. The molecule has 0 spiro atoms. The normalized spacial score (nSPS) is 22.6. The summed E-state index contributed by atoms with van der Waals surface area (Å²) in [6, 6.07) is 6.04. The average molecular weight is 1590 g/mol. The first-order valence-electron chi connectivity index (χ1n) is 36.2. The molecule has 6 saturated heterocycles. The van der Waals surface area contributed by atoms with Gasteiger partial charge in [0, 0.05) is 123 Å². The van der Waals surface area contributed by atoms with E-state index < -0.39 is 122 Å². The van der Waals surface area contributed by atoms with E-state index in [-0.39, 0.29) is 189 Å².